The lowest BCUT2D eigenvalue weighted by atomic mass is 9.45. The standard InChI is InChI=1S/C22H32O3/c1-13-16-6-5-15-17(20(16,2)11-14(12-23)19(13)24)7-9-21(3)18(15)8-10-22(21,4)25/h12,15,17-18,23,25H,5-11H2,1-4H3. The lowest BCUT2D eigenvalue weighted by Crippen LogP contribution is -2.54. The van der Waals surface area contributed by atoms with Crippen molar-refractivity contribution in [2.24, 2.45) is 28.6 Å². The SMILES string of the molecule is CC1=C2CCC3C(CCC4(C)C3CCC4(C)O)C2(C)CC(=CO)C1=O. The summed E-state index contributed by atoms with van der Waals surface area (Å²) < 4.78 is 0. The maximum absolute atomic E-state index is 12.5. The smallest absolute Gasteiger partial charge is 0.187 e. The van der Waals surface area contributed by atoms with Crippen LogP contribution in [-0.2, 0) is 4.79 Å². The monoisotopic (exact) mass is 344 g/mol. The molecule has 0 aromatic rings. The van der Waals surface area contributed by atoms with Gasteiger partial charge in [-0.3, -0.25) is 4.79 Å². The minimum absolute atomic E-state index is 0.00868. The molecule has 0 heterocycles. The van der Waals surface area contributed by atoms with Crippen LogP contribution in [0, 0.1) is 28.6 Å². The van der Waals surface area contributed by atoms with Crippen LogP contribution in [0.3, 0.4) is 0 Å². The zero-order chi connectivity index (χ0) is 18.2. The van der Waals surface area contributed by atoms with Gasteiger partial charge in [0.05, 0.1) is 11.9 Å². The Morgan fingerprint density at radius 1 is 1.08 bits per heavy atom. The van der Waals surface area contributed by atoms with Crippen LogP contribution in [0.4, 0.5) is 0 Å². The van der Waals surface area contributed by atoms with Crippen LogP contribution in [0.2, 0.25) is 0 Å². The van der Waals surface area contributed by atoms with E-state index in [1.807, 2.05) is 13.8 Å². The fourth-order valence-electron chi connectivity index (χ4n) is 7.36. The number of hydrogen-bond acceptors (Lipinski definition) is 3. The van der Waals surface area contributed by atoms with Crippen molar-refractivity contribution >= 4 is 5.78 Å². The predicted molar refractivity (Wildman–Crippen MR) is 98.0 cm³/mol. The van der Waals surface area contributed by atoms with Crippen molar-refractivity contribution < 1.29 is 15.0 Å². The van der Waals surface area contributed by atoms with Crippen LogP contribution >= 0.6 is 0 Å². The predicted octanol–water partition coefficient (Wildman–Crippen LogP) is 4.71. The number of aliphatic hydroxyl groups is 2. The summed E-state index contributed by atoms with van der Waals surface area (Å²) in [5, 5.41) is 20.6. The summed E-state index contributed by atoms with van der Waals surface area (Å²) in [6, 6.07) is 0. The van der Waals surface area contributed by atoms with Gasteiger partial charge in [0.2, 0.25) is 0 Å². The van der Waals surface area contributed by atoms with Gasteiger partial charge < -0.3 is 10.2 Å². The summed E-state index contributed by atoms with van der Waals surface area (Å²) >= 11 is 0. The van der Waals surface area contributed by atoms with Crippen molar-refractivity contribution in [3.63, 3.8) is 0 Å². The largest absolute Gasteiger partial charge is 0.515 e. The van der Waals surface area contributed by atoms with Crippen LogP contribution in [0.25, 0.3) is 0 Å². The summed E-state index contributed by atoms with van der Waals surface area (Å²) in [6.07, 6.45) is 8.10. The summed E-state index contributed by atoms with van der Waals surface area (Å²) in [4.78, 5) is 12.5. The first-order valence-corrected chi connectivity index (χ1v) is 9.96. The Morgan fingerprint density at radius 2 is 1.76 bits per heavy atom. The molecule has 4 aliphatic carbocycles. The van der Waals surface area contributed by atoms with E-state index >= 15 is 0 Å². The van der Waals surface area contributed by atoms with Gasteiger partial charge in [-0.25, -0.2) is 0 Å². The molecule has 0 bridgehead atoms. The molecule has 3 saturated carbocycles. The van der Waals surface area contributed by atoms with E-state index in [1.54, 1.807) is 0 Å². The van der Waals surface area contributed by atoms with E-state index in [9.17, 15) is 15.0 Å². The zero-order valence-electron chi connectivity index (χ0n) is 16.1. The molecule has 3 fully saturated rings. The van der Waals surface area contributed by atoms with Crippen molar-refractivity contribution in [2.45, 2.75) is 78.2 Å². The molecule has 4 rings (SSSR count). The highest BCUT2D eigenvalue weighted by Gasteiger charge is 2.62. The fourth-order valence-corrected chi connectivity index (χ4v) is 7.36. The molecule has 0 saturated heterocycles. The summed E-state index contributed by atoms with van der Waals surface area (Å²) in [7, 11) is 0. The Morgan fingerprint density at radius 3 is 2.44 bits per heavy atom. The van der Waals surface area contributed by atoms with Gasteiger partial charge in [-0.05, 0) is 93.0 Å². The Bertz CT molecular complexity index is 685. The van der Waals surface area contributed by atoms with E-state index < -0.39 is 5.60 Å². The first-order valence-electron chi connectivity index (χ1n) is 9.96. The molecular weight excluding hydrogens is 312 g/mol. The number of ketones is 1. The third-order valence-corrected chi connectivity index (χ3v) is 9.03. The Hall–Kier alpha value is -1.09. The highest BCUT2D eigenvalue weighted by Crippen LogP contribution is 2.68. The molecule has 2 N–H and O–H groups in total. The average molecular weight is 344 g/mol. The fraction of sp³-hybridized carbons (Fsp3) is 0.773. The molecule has 0 spiro atoms. The summed E-state index contributed by atoms with van der Waals surface area (Å²) in [6.45, 7) is 8.63. The quantitative estimate of drug-likeness (QED) is 0.494. The molecule has 0 aromatic heterocycles. The number of fused-ring (bicyclic) bond motifs is 5. The van der Waals surface area contributed by atoms with Gasteiger partial charge in [0.25, 0.3) is 0 Å². The Labute approximate surface area is 151 Å². The number of aliphatic hydroxyl groups excluding tert-OH is 1. The second-order valence-electron chi connectivity index (χ2n) is 9.87. The molecule has 138 valence electrons. The maximum atomic E-state index is 12.5. The van der Waals surface area contributed by atoms with Crippen molar-refractivity contribution in [3.05, 3.63) is 23.0 Å². The average Bonchev–Trinajstić information content (AvgIpc) is 2.81. The molecular formula is C22H32O3. The second-order valence-corrected chi connectivity index (χ2v) is 9.87. The zero-order valence-corrected chi connectivity index (χ0v) is 16.1. The van der Waals surface area contributed by atoms with E-state index in [0.717, 1.165) is 50.4 Å². The normalized spacial score (nSPS) is 51.3. The van der Waals surface area contributed by atoms with E-state index in [0.29, 0.717) is 29.7 Å². The van der Waals surface area contributed by atoms with Gasteiger partial charge in [0.15, 0.2) is 5.78 Å². The molecule has 25 heavy (non-hydrogen) atoms. The van der Waals surface area contributed by atoms with Crippen molar-refractivity contribution in [2.75, 3.05) is 0 Å². The first-order chi connectivity index (χ1) is 11.7. The first kappa shape index (κ1) is 17.3. The Balaban J connectivity index is 1.75. The molecule has 0 amide bonds. The van der Waals surface area contributed by atoms with Crippen LogP contribution < -0.4 is 0 Å². The number of Topliss-reactive ketones (excluding diaryl/α,β-unsaturated/α-hetero) is 1. The molecule has 0 aliphatic heterocycles. The third kappa shape index (κ3) is 2.05. The minimum atomic E-state index is -0.547. The maximum Gasteiger partial charge on any atom is 0.187 e. The highest BCUT2D eigenvalue weighted by atomic mass is 16.3. The van der Waals surface area contributed by atoms with Crippen molar-refractivity contribution in [3.8, 4) is 0 Å². The van der Waals surface area contributed by atoms with E-state index in [1.165, 1.54) is 5.57 Å². The summed E-state index contributed by atoms with van der Waals surface area (Å²) in [5.41, 5.74) is 2.27. The van der Waals surface area contributed by atoms with E-state index in [-0.39, 0.29) is 16.6 Å². The molecule has 3 heteroatoms. The van der Waals surface area contributed by atoms with E-state index in [2.05, 4.69) is 13.8 Å². The molecule has 3 nitrogen and oxygen atoms in total. The van der Waals surface area contributed by atoms with Crippen LogP contribution in [-0.4, -0.2) is 21.6 Å². The number of carbonyl (C=O) groups excluding carboxylic acids is 1. The van der Waals surface area contributed by atoms with Crippen LogP contribution in [0.5, 0.6) is 0 Å². The number of carbonyl (C=O) groups is 1. The van der Waals surface area contributed by atoms with Gasteiger partial charge in [-0.1, -0.05) is 19.4 Å². The number of rotatable bonds is 0. The van der Waals surface area contributed by atoms with Crippen LogP contribution in [0.1, 0.15) is 72.6 Å². The van der Waals surface area contributed by atoms with Crippen LogP contribution in [0.15, 0.2) is 23.0 Å². The lowest BCUT2D eigenvalue weighted by molar-refractivity contribution is -0.121. The second kappa shape index (κ2) is 5.22. The summed E-state index contributed by atoms with van der Waals surface area (Å²) in [5.74, 6) is 1.81. The van der Waals surface area contributed by atoms with Gasteiger partial charge in [-0.2, -0.15) is 0 Å². The topological polar surface area (TPSA) is 57.5 Å². The number of allylic oxidation sites excluding steroid dienone is 2. The molecule has 6 unspecified atom stereocenters. The lowest BCUT2D eigenvalue weighted by Gasteiger charge is -2.59. The number of hydrogen-bond donors (Lipinski definition) is 2. The van der Waals surface area contributed by atoms with Gasteiger partial charge in [-0.15, -0.1) is 0 Å². The molecule has 6 atom stereocenters. The Kier molecular flexibility index (Phi) is 3.62. The highest BCUT2D eigenvalue weighted by molar-refractivity contribution is 6.09. The van der Waals surface area contributed by atoms with Crippen molar-refractivity contribution in [1.82, 2.24) is 0 Å². The molecule has 4 aliphatic rings. The van der Waals surface area contributed by atoms with Gasteiger partial charge in [0.1, 0.15) is 0 Å². The minimum Gasteiger partial charge on any atom is -0.515 e. The van der Waals surface area contributed by atoms with Gasteiger partial charge in [0, 0.05) is 5.57 Å². The third-order valence-electron chi connectivity index (χ3n) is 9.03. The van der Waals surface area contributed by atoms with Crippen molar-refractivity contribution in [1.29, 1.82) is 0 Å². The van der Waals surface area contributed by atoms with Gasteiger partial charge >= 0.3 is 0 Å². The molecule has 0 aromatic carbocycles. The van der Waals surface area contributed by atoms with E-state index in [4.69, 9.17) is 0 Å². The molecule has 0 radical (unpaired) electrons.